The van der Waals surface area contributed by atoms with Gasteiger partial charge >= 0.3 is 6.18 Å². The first-order valence-corrected chi connectivity index (χ1v) is 12.4. The first-order valence-electron chi connectivity index (χ1n) is 10.6. The van der Waals surface area contributed by atoms with Gasteiger partial charge in [-0.2, -0.15) is 13.2 Å². The third-order valence-corrected chi connectivity index (χ3v) is 7.45. The minimum Gasteiger partial charge on any atom is -0.322 e. The number of hydrogen-bond acceptors (Lipinski definition) is 3. The molecule has 0 heterocycles. The summed E-state index contributed by atoms with van der Waals surface area (Å²) in [6.07, 6.45) is -2.11. The summed E-state index contributed by atoms with van der Waals surface area (Å²) >= 11 is 0. The molecule has 1 atom stereocenters. The standard InChI is InChI=1S/C25H23F3N2O3S/c1-30(34(2,32)33)21-14-17-9-12-20(13-18(17)15-21)29-24(31)23-6-4-3-5-22(23)16-7-10-19(11-8-16)25(26,27)28/h3-13,21H,14-15H2,1-2H3,(H,29,31). The number of benzene rings is 3. The van der Waals surface area contributed by atoms with Gasteiger partial charge in [0.1, 0.15) is 0 Å². The number of hydrogen-bond donors (Lipinski definition) is 1. The molecule has 0 fully saturated rings. The van der Waals surface area contributed by atoms with Crippen molar-refractivity contribution in [2.45, 2.75) is 25.1 Å². The number of rotatable bonds is 5. The molecule has 0 spiro atoms. The number of sulfonamides is 1. The van der Waals surface area contributed by atoms with Gasteiger partial charge < -0.3 is 5.32 Å². The van der Waals surface area contributed by atoms with Crippen molar-refractivity contribution >= 4 is 21.6 Å². The lowest BCUT2D eigenvalue weighted by Gasteiger charge is -2.21. The molecule has 0 saturated heterocycles. The number of carbonyl (C=O) groups is 1. The lowest BCUT2D eigenvalue weighted by Crippen LogP contribution is -2.36. The van der Waals surface area contributed by atoms with Crippen LogP contribution in [0.2, 0.25) is 0 Å². The number of amides is 1. The van der Waals surface area contributed by atoms with Crippen molar-refractivity contribution in [2.75, 3.05) is 18.6 Å². The molecule has 1 unspecified atom stereocenters. The summed E-state index contributed by atoms with van der Waals surface area (Å²) in [7, 11) is -1.75. The summed E-state index contributed by atoms with van der Waals surface area (Å²) in [6, 6.07) is 16.7. The predicted octanol–water partition coefficient (Wildman–Crippen LogP) is 4.98. The van der Waals surface area contributed by atoms with Crippen molar-refractivity contribution in [1.29, 1.82) is 0 Å². The maximum atomic E-state index is 13.1. The quantitative estimate of drug-likeness (QED) is 0.551. The topological polar surface area (TPSA) is 66.5 Å². The van der Waals surface area contributed by atoms with Crippen LogP contribution < -0.4 is 5.32 Å². The molecule has 0 bridgehead atoms. The van der Waals surface area contributed by atoms with Crippen LogP contribution in [0.1, 0.15) is 27.0 Å². The van der Waals surface area contributed by atoms with Crippen LogP contribution in [0.25, 0.3) is 11.1 Å². The summed E-state index contributed by atoms with van der Waals surface area (Å²) in [5.74, 6) is -0.391. The van der Waals surface area contributed by atoms with Crippen LogP contribution in [0.15, 0.2) is 66.7 Å². The van der Waals surface area contributed by atoms with E-state index >= 15 is 0 Å². The normalized spacial score (nSPS) is 15.9. The van der Waals surface area contributed by atoms with E-state index in [9.17, 15) is 26.4 Å². The number of fused-ring (bicyclic) bond motifs is 1. The van der Waals surface area contributed by atoms with Crippen LogP contribution in [0.3, 0.4) is 0 Å². The second-order valence-corrected chi connectivity index (χ2v) is 10.4. The Morgan fingerprint density at radius 3 is 2.26 bits per heavy atom. The first kappa shape index (κ1) is 24.0. The lowest BCUT2D eigenvalue weighted by atomic mass is 9.98. The first-order chi connectivity index (χ1) is 15.9. The molecule has 5 nitrogen and oxygen atoms in total. The van der Waals surface area contributed by atoms with Crippen LogP contribution in [0, 0.1) is 0 Å². The molecule has 1 N–H and O–H groups in total. The maximum absolute atomic E-state index is 13.1. The highest BCUT2D eigenvalue weighted by Gasteiger charge is 2.31. The maximum Gasteiger partial charge on any atom is 0.416 e. The van der Waals surface area contributed by atoms with E-state index < -0.39 is 27.7 Å². The van der Waals surface area contributed by atoms with Crippen LogP contribution in [0.5, 0.6) is 0 Å². The summed E-state index contributed by atoms with van der Waals surface area (Å²) < 4.78 is 63.8. The Balaban J connectivity index is 1.54. The predicted molar refractivity (Wildman–Crippen MR) is 125 cm³/mol. The number of nitrogens with zero attached hydrogens (tertiary/aromatic N) is 1. The Hall–Kier alpha value is -3.17. The van der Waals surface area contributed by atoms with E-state index in [1.807, 2.05) is 12.1 Å². The smallest absolute Gasteiger partial charge is 0.322 e. The Kier molecular flexibility index (Phi) is 6.26. The highest BCUT2D eigenvalue weighted by molar-refractivity contribution is 7.88. The number of nitrogens with one attached hydrogen (secondary N) is 1. The molecule has 9 heteroatoms. The fourth-order valence-electron chi connectivity index (χ4n) is 4.17. The molecule has 3 aromatic rings. The summed E-state index contributed by atoms with van der Waals surface area (Å²) in [5.41, 5.74) is 3.16. The highest BCUT2D eigenvalue weighted by Crippen LogP contribution is 2.33. The van der Waals surface area contributed by atoms with Gasteiger partial charge in [-0.1, -0.05) is 36.4 Å². The van der Waals surface area contributed by atoms with Gasteiger partial charge in [0.2, 0.25) is 10.0 Å². The summed E-state index contributed by atoms with van der Waals surface area (Å²) in [6.45, 7) is 0. The van der Waals surface area contributed by atoms with Gasteiger partial charge in [-0.05, 0) is 65.4 Å². The number of halogens is 3. The molecular weight excluding hydrogens is 465 g/mol. The summed E-state index contributed by atoms with van der Waals surface area (Å²) in [4.78, 5) is 13.1. The molecule has 0 aromatic heterocycles. The van der Waals surface area contributed by atoms with Gasteiger partial charge in [0.05, 0.1) is 11.8 Å². The third kappa shape index (κ3) is 5.00. The minimum atomic E-state index is -4.43. The fraction of sp³-hybridized carbons (Fsp3) is 0.240. The van der Waals surface area contributed by atoms with Crippen LogP contribution >= 0.6 is 0 Å². The Bertz CT molecular complexity index is 1340. The average Bonchev–Trinajstić information content (AvgIpc) is 3.20. The Morgan fingerprint density at radius 1 is 0.971 bits per heavy atom. The van der Waals surface area contributed by atoms with Gasteiger partial charge in [-0.3, -0.25) is 4.79 Å². The van der Waals surface area contributed by atoms with Gasteiger partial charge in [-0.15, -0.1) is 0 Å². The van der Waals surface area contributed by atoms with Crippen LogP contribution in [-0.2, 0) is 29.0 Å². The van der Waals surface area contributed by atoms with Gasteiger partial charge in [-0.25, -0.2) is 12.7 Å². The van der Waals surface area contributed by atoms with E-state index in [4.69, 9.17) is 0 Å². The van der Waals surface area contributed by atoms with E-state index in [0.29, 0.717) is 35.2 Å². The number of anilines is 1. The summed E-state index contributed by atoms with van der Waals surface area (Å²) in [5, 5.41) is 2.86. The largest absolute Gasteiger partial charge is 0.416 e. The van der Waals surface area contributed by atoms with Crippen molar-refractivity contribution in [3.8, 4) is 11.1 Å². The zero-order valence-electron chi connectivity index (χ0n) is 18.6. The highest BCUT2D eigenvalue weighted by atomic mass is 32.2. The van der Waals surface area contributed by atoms with Gasteiger partial charge in [0.15, 0.2) is 0 Å². The van der Waals surface area contributed by atoms with Gasteiger partial charge in [0.25, 0.3) is 5.91 Å². The third-order valence-electron chi connectivity index (χ3n) is 6.11. The second-order valence-electron chi connectivity index (χ2n) is 8.40. The zero-order valence-corrected chi connectivity index (χ0v) is 19.4. The fourth-order valence-corrected chi connectivity index (χ4v) is 4.86. The molecule has 1 amide bonds. The molecule has 4 rings (SSSR count). The van der Waals surface area contributed by atoms with E-state index in [-0.39, 0.29) is 6.04 Å². The Labute approximate surface area is 196 Å². The molecule has 1 aliphatic rings. The molecule has 178 valence electrons. The van der Waals surface area contributed by atoms with Crippen molar-refractivity contribution < 1.29 is 26.4 Å². The van der Waals surface area contributed by atoms with Crippen molar-refractivity contribution in [3.05, 3.63) is 89.0 Å². The molecule has 34 heavy (non-hydrogen) atoms. The van der Waals surface area contributed by atoms with Crippen LogP contribution in [-0.4, -0.2) is 38.0 Å². The van der Waals surface area contributed by atoms with Gasteiger partial charge in [0, 0.05) is 24.3 Å². The molecule has 0 aliphatic heterocycles. The van der Waals surface area contributed by atoms with Crippen molar-refractivity contribution in [2.24, 2.45) is 0 Å². The van der Waals surface area contributed by atoms with E-state index in [1.54, 1.807) is 37.4 Å². The van der Waals surface area contributed by atoms with E-state index in [2.05, 4.69) is 5.32 Å². The molecule has 0 saturated carbocycles. The zero-order chi connectivity index (χ0) is 24.7. The van der Waals surface area contributed by atoms with Crippen molar-refractivity contribution in [1.82, 2.24) is 4.31 Å². The number of carbonyl (C=O) groups excluding carboxylic acids is 1. The molecule has 0 radical (unpaired) electrons. The second kappa shape index (κ2) is 8.88. The number of likely N-dealkylation sites (N-methyl/N-ethyl adjacent to an activating group) is 1. The van der Waals surface area contributed by atoms with Crippen molar-refractivity contribution in [3.63, 3.8) is 0 Å². The average molecular weight is 489 g/mol. The monoisotopic (exact) mass is 488 g/mol. The van der Waals surface area contributed by atoms with E-state index in [1.165, 1.54) is 22.7 Å². The Morgan fingerprint density at radius 2 is 1.62 bits per heavy atom. The molecule has 3 aromatic carbocycles. The number of alkyl halides is 3. The molecular formula is C25H23F3N2O3S. The van der Waals surface area contributed by atoms with Crippen LogP contribution in [0.4, 0.5) is 18.9 Å². The lowest BCUT2D eigenvalue weighted by molar-refractivity contribution is -0.137. The SMILES string of the molecule is CN(C1Cc2ccc(NC(=O)c3ccccc3-c3ccc(C(F)(F)F)cc3)cc2C1)S(C)(=O)=O. The van der Waals surface area contributed by atoms with E-state index in [0.717, 1.165) is 23.3 Å². The minimum absolute atomic E-state index is 0.170. The molecule has 1 aliphatic carbocycles.